The lowest BCUT2D eigenvalue weighted by Crippen LogP contribution is -2.39. The molecule has 1 saturated carbocycles. The highest BCUT2D eigenvalue weighted by atomic mass is 32.2. The van der Waals surface area contributed by atoms with Crippen LogP contribution in [0.3, 0.4) is 0 Å². The molecule has 6 nitrogen and oxygen atoms in total. The van der Waals surface area contributed by atoms with Gasteiger partial charge in [0.1, 0.15) is 9.84 Å². The molecule has 112 valence electrons. The molecule has 1 aliphatic carbocycles. The summed E-state index contributed by atoms with van der Waals surface area (Å²) in [7, 11) is -2.93. The molecule has 0 atom stereocenters. The minimum atomic E-state index is -2.93. The van der Waals surface area contributed by atoms with E-state index in [9.17, 15) is 8.42 Å². The molecule has 1 aliphatic rings. The number of nitrogens with one attached hydrogen (secondary N) is 2. The Morgan fingerprint density at radius 2 is 2.05 bits per heavy atom. The fourth-order valence-corrected chi connectivity index (χ4v) is 1.84. The van der Waals surface area contributed by atoms with Crippen LogP contribution in [0.4, 0.5) is 0 Å². The van der Waals surface area contributed by atoms with Crippen LogP contribution in [0.2, 0.25) is 0 Å². The average molecular weight is 291 g/mol. The lowest BCUT2D eigenvalue weighted by atomic mass is 10.4. The summed E-state index contributed by atoms with van der Waals surface area (Å²) >= 11 is 0. The summed E-state index contributed by atoms with van der Waals surface area (Å²) < 4.78 is 27.0. The number of ether oxygens (including phenoxy) is 1. The van der Waals surface area contributed by atoms with Crippen LogP contribution in [-0.4, -0.2) is 59.2 Å². The molecular weight excluding hydrogens is 266 g/mol. The van der Waals surface area contributed by atoms with Gasteiger partial charge in [-0.2, -0.15) is 0 Å². The van der Waals surface area contributed by atoms with Crippen molar-refractivity contribution in [3.63, 3.8) is 0 Å². The SMILES string of the molecule is CCNC(=NCC1CC1)NCCOCCS(C)(=O)=O. The first-order valence-electron chi connectivity index (χ1n) is 6.79. The number of rotatable bonds is 9. The Morgan fingerprint density at radius 3 is 2.63 bits per heavy atom. The van der Waals surface area contributed by atoms with Crippen LogP contribution in [0, 0.1) is 5.92 Å². The first kappa shape index (κ1) is 16.2. The zero-order chi connectivity index (χ0) is 14.1. The van der Waals surface area contributed by atoms with Crippen LogP contribution in [0.15, 0.2) is 4.99 Å². The van der Waals surface area contributed by atoms with Crippen molar-refractivity contribution in [2.75, 3.05) is 44.9 Å². The number of aliphatic imine (C=N–C) groups is 1. The fraction of sp³-hybridized carbons (Fsp3) is 0.917. The van der Waals surface area contributed by atoms with E-state index in [0.29, 0.717) is 13.2 Å². The third kappa shape index (κ3) is 9.72. The van der Waals surface area contributed by atoms with Crippen molar-refractivity contribution in [2.45, 2.75) is 19.8 Å². The maximum Gasteiger partial charge on any atom is 0.191 e. The number of hydrogen-bond acceptors (Lipinski definition) is 4. The third-order valence-electron chi connectivity index (χ3n) is 2.69. The van der Waals surface area contributed by atoms with E-state index in [4.69, 9.17) is 4.74 Å². The lowest BCUT2D eigenvalue weighted by Gasteiger charge is -2.11. The van der Waals surface area contributed by atoms with Crippen LogP contribution in [0.5, 0.6) is 0 Å². The van der Waals surface area contributed by atoms with Crippen molar-refractivity contribution in [3.8, 4) is 0 Å². The highest BCUT2D eigenvalue weighted by molar-refractivity contribution is 7.90. The van der Waals surface area contributed by atoms with Gasteiger partial charge in [-0.05, 0) is 25.7 Å². The summed E-state index contributed by atoms with van der Waals surface area (Å²) in [4.78, 5) is 4.48. The summed E-state index contributed by atoms with van der Waals surface area (Å²) in [6.07, 6.45) is 3.79. The Morgan fingerprint density at radius 1 is 1.32 bits per heavy atom. The van der Waals surface area contributed by atoms with Crippen LogP contribution < -0.4 is 10.6 Å². The Kier molecular flexibility index (Phi) is 7.15. The predicted molar refractivity (Wildman–Crippen MR) is 77.2 cm³/mol. The third-order valence-corrected chi connectivity index (χ3v) is 3.59. The second kappa shape index (κ2) is 8.37. The molecule has 0 spiro atoms. The van der Waals surface area contributed by atoms with E-state index >= 15 is 0 Å². The molecule has 19 heavy (non-hydrogen) atoms. The van der Waals surface area contributed by atoms with E-state index in [0.717, 1.165) is 25.0 Å². The molecule has 1 fully saturated rings. The lowest BCUT2D eigenvalue weighted by molar-refractivity contribution is 0.154. The largest absolute Gasteiger partial charge is 0.379 e. The quantitative estimate of drug-likeness (QED) is 0.355. The number of guanidine groups is 1. The monoisotopic (exact) mass is 291 g/mol. The van der Waals surface area contributed by atoms with Gasteiger partial charge < -0.3 is 15.4 Å². The molecule has 2 N–H and O–H groups in total. The molecule has 0 aromatic carbocycles. The van der Waals surface area contributed by atoms with Crippen LogP contribution in [0.1, 0.15) is 19.8 Å². The van der Waals surface area contributed by atoms with Crippen molar-refractivity contribution in [3.05, 3.63) is 0 Å². The zero-order valence-corrected chi connectivity index (χ0v) is 12.6. The Hall–Kier alpha value is -0.820. The van der Waals surface area contributed by atoms with Crippen LogP contribution in [0.25, 0.3) is 0 Å². The van der Waals surface area contributed by atoms with Gasteiger partial charge in [-0.1, -0.05) is 0 Å². The molecule has 0 radical (unpaired) electrons. The van der Waals surface area contributed by atoms with E-state index in [1.807, 2.05) is 6.92 Å². The van der Waals surface area contributed by atoms with E-state index in [-0.39, 0.29) is 12.4 Å². The first-order valence-corrected chi connectivity index (χ1v) is 8.85. The maximum absolute atomic E-state index is 10.9. The highest BCUT2D eigenvalue weighted by Gasteiger charge is 2.20. The normalized spacial score (nSPS) is 16.4. The summed E-state index contributed by atoms with van der Waals surface area (Å²) in [5.74, 6) is 1.64. The number of hydrogen-bond donors (Lipinski definition) is 2. The Labute approximate surface area is 115 Å². The average Bonchev–Trinajstić information content (AvgIpc) is 3.12. The molecule has 0 aromatic heterocycles. The Bertz CT molecular complexity index is 378. The van der Waals surface area contributed by atoms with Gasteiger partial charge in [0.15, 0.2) is 5.96 Å². The summed E-state index contributed by atoms with van der Waals surface area (Å²) in [6.45, 7) is 5.08. The molecule has 1 rings (SSSR count). The molecule has 0 heterocycles. The standard InChI is InChI=1S/C12H25N3O3S/c1-3-13-12(15-10-11-4-5-11)14-6-7-18-8-9-19(2,16)17/h11H,3-10H2,1-2H3,(H2,13,14,15). The summed E-state index contributed by atoms with van der Waals surface area (Å²) in [6, 6.07) is 0. The van der Waals surface area contributed by atoms with Gasteiger partial charge in [-0.3, -0.25) is 4.99 Å². The number of sulfone groups is 1. The van der Waals surface area contributed by atoms with Gasteiger partial charge in [0.25, 0.3) is 0 Å². The Balaban J connectivity index is 2.08. The minimum Gasteiger partial charge on any atom is -0.379 e. The maximum atomic E-state index is 10.9. The zero-order valence-electron chi connectivity index (χ0n) is 11.8. The first-order chi connectivity index (χ1) is 9.01. The van der Waals surface area contributed by atoms with Gasteiger partial charge in [-0.25, -0.2) is 8.42 Å². The van der Waals surface area contributed by atoms with Gasteiger partial charge in [-0.15, -0.1) is 0 Å². The molecule has 0 saturated heterocycles. The molecule has 0 bridgehead atoms. The number of nitrogens with zero attached hydrogens (tertiary/aromatic N) is 1. The van der Waals surface area contributed by atoms with E-state index in [1.165, 1.54) is 19.1 Å². The summed E-state index contributed by atoms with van der Waals surface area (Å²) in [5, 5.41) is 6.33. The summed E-state index contributed by atoms with van der Waals surface area (Å²) in [5.41, 5.74) is 0. The second-order valence-corrected chi connectivity index (χ2v) is 7.09. The van der Waals surface area contributed by atoms with Crippen molar-refractivity contribution in [2.24, 2.45) is 10.9 Å². The molecule has 0 aliphatic heterocycles. The van der Waals surface area contributed by atoms with E-state index < -0.39 is 9.84 Å². The van der Waals surface area contributed by atoms with E-state index in [1.54, 1.807) is 0 Å². The molecular formula is C12H25N3O3S. The van der Waals surface area contributed by atoms with E-state index in [2.05, 4.69) is 15.6 Å². The highest BCUT2D eigenvalue weighted by Crippen LogP contribution is 2.28. The predicted octanol–water partition coefficient (Wildman–Crippen LogP) is 0.0127. The van der Waals surface area contributed by atoms with Crippen LogP contribution in [-0.2, 0) is 14.6 Å². The fourth-order valence-electron chi connectivity index (χ4n) is 1.42. The molecule has 0 aromatic rings. The molecule has 7 heteroatoms. The topological polar surface area (TPSA) is 79.8 Å². The van der Waals surface area contributed by atoms with Crippen molar-refractivity contribution in [1.82, 2.24) is 10.6 Å². The van der Waals surface area contributed by atoms with Gasteiger partial charge >= 0.3 is 0 Å². The van der Waals surface area contributed by atoms with Crippen molar-refractivity contribution >= 4 is 15.8 Å². The van der Waals surface area contributed by atoms with Gasteiger partial charge in [0, 0.05) is 25.9 Å². The van der Waals surface area contributed by atoms with Gasteiger partial charge in [0.05, 0.1) is 19.0 Å². The second-order valence-electron chi connectivity index (χ2n) is 4.83. The smallest absolute Gasteiger partial charge is 0.191 e. The van der Waals surface area contributed by atoms with Crippen LogP contribution >= 0.6 is 0 Å². The molecule has 0 unspecified atom stereocenters. The van der Waals surface area contributed by atoms with Crippen molar-refractivity contribution in [1.29, 1.82) is 0 Å². The minimum absolute atomic E-state index is 0.0723. The van der Waals surface area contributed by atoms with Gasteiger partial charge in [0.2, 0.25) is 0 Å². The van der Waals surface area contributed by atoms with Crippen molar-refractivity contribution < 1.29 is 13.2 Å². The molecule has 0 amide bonds.